The average Bonchev–Trinajstić information content (AvgIpc) is 2.86. The lowest BCUT2D eigenvalue weighted by Crippen LogP contribution is -2.30. The minimum atomic E-state index is -0.705. The summed E-state index contributed by atoms with van der Waals surface area (Å²) in [5.41, 5.74) is 4.98. The molecule has 2 atom stereocenters. The molecule has 2 rings (SSSR count). The number of nitro groups is 1. The predicted molar refractivity (Wildman–Crippen MR) is 68.6 cm³/mol. The SMILES string of the molecule is NC(=O)C1CCC(CNc2ccc([N+](=O)[O-])cc2F)O1. The van der Waals surface area contributed by atoms with Gasteiger partial charge >= 0.3 is 0 Å². The van der Waals surface area contributed by atoms with E-state index in [0.29, 0.717) is 19.4 Å². The quantitative estimate of drug-likeness (QED) is 0.623. The highest BCUT2D eigenvalue weighted by Crippen LogP contribution is 2.23. The molecule has 108 valence electrons. The molecule has 1 aromatic rings. The van der Waals surface area contributed by atoms with Crippen LogP contribution in [0.25, 0.3) is 0 Å². The molecule has 0 radical (unpaired) electrons. The molecule has 0 bridgehead atoms. The lowest BCUT2D eigenvalue weighted by Gasteiger charge is -2.13. The van der Waals surface area contributed by atoms with Crippen molar-refractivity contribution in [1.29, 1.82) is 0 Å². The summed E-state index contributed by atoms with van der Waals surface area (Å²) in [4.78, 5) is 20.8. The minimum absolute atomic E-state index is 0.154. The molecule has 1 aliphatic rings. The van der Waals surface area contributed by atoms with Gasteiger partial charge in [0.2, 0.25) is 5.91 Å². The molecule has 0 aromatic heterocycles. The monoisotopic (exact) mass is 283 g/mol. The van der Waals surface area contributed by atoms with Crippen LogP contribution < -0.4 is 11.1 Å². The van der Waals surface area contributed by atoms with E-state index in [2.05, 4.69) is 5.32 Å². The molecule has 1 aliphatic heterocycles. The van der Waals surface area contributed by atoms with Crippen molar-refractivity contribution >= 4 is 17.3 Å². The summed E-state index contributed by atoms with van der Waals surface area (Å²) in [6.07, 6.45) is 0.366. The number of hydrogen-bond acceptors (Lipinski definition) is 5. The number of anilines is 1. The van der Waals surface area contributed by atoms with Gasteiger partial charge in [-0.3, -0.25) is 14.9 Å². The van der Waals surface area contributed by atoms with Gasteiger partial charge in [-0.1, -0.05) is 0 Å². The van der Waals surface area contributed by atoms with E-state index in [1.165, 1.54) is 12.1 Å². The lowest BCUT2D eigenvalue weighted by atomic mass is 10.2. The Balaban J connectivity index is 1.92. The van der Waals surface area contributed by atoms with Crippen LogP contribution >= 0.6 is 0 Å². The zero-order valence-electron chi connectivity index (χ0n) is 10.5. The highest BCUT2D eigenvalue weighted by atomic mass is 19.1. The van der Waals surface area contributed by atoms with Gasteiger partial charge < -0.3 is 15.8 Å². The van der Waals surface area contributed by atoms with Crippen molar-refractivity contribution in [2.24, 2.45) is 5.73 Å². The minimum Gasteiger partial charge on any atom is -0.380 e. The summed E-state index contributed by atoms with van der Waals surface area (Å²) in [6.45, 7) is 0.304. The molecule has 1 aromatic carbocycles. The molecule has 2 unspecified atom stereocenters. The predicted octanol–water partition coefficient (Wildman–Crippen LogP) is 1.18. The largest absolute Gasteiger partial charge is 0.380 e. The van der Waals surface area contributed by atoms with Crippen molar-refractivity contribution < 1.29 is 18.8 Å². The molecular weight excluding hydrogens is 269 g/mol. The molecular formula is C12H14FN3O4. The van der Waals surface area contributed by atoms with E-state index in [0.717, 1.165) is 6.07 Å². The van der Waals surface area contributed by atoms with Crippen LogP contribution in [0, 0.1) is 15.9 Å². The third-order valence-corrected chi connectivity index (χ3v) is 3.11. The van der Waals surface area contributed by atoms with Crippen molar-refractivity contribution in [2.45, 2.75) is 25.0 Å². The second-order valence-corrected chi connectivity index (χ2v) is 4.53. The number of primary amides is 1. The van der Waals surface area contributed by atoms with Crippen LogP contribution in [-0.4, -0.2) is 29.6 Å². The number of hydrogen-bond donors (Lipinski definition) is 2. The number of nitrogens with two attached hydrogens (primary N) is 1. The van der Waals surface area contributed by atoms with Crippen molar-refractivity contribution in [1.82, 2.24) is 0 Å². The summed E-state index contributed by atoms with van der Waals surface area (Å²) in [5, 5.41) is 13.3. The van der Waals surface area contributed by atoms with Crippen LogP contribution in [0.4, 0.5) is 15.8 Å². The van der Waals surface area contributed by atoms with E-state index in [1.54, 1.807) is 0 Å². The number of rotatable bonds is 5. The van der Waals surface area contributed by atoms with E-state index in [-0.39, 0.29) is 17.5 Å². The van der Waals surface area contributed by atoms with Gasteiger partial charge in [0.1, 0.15) is 6.10 Å². The van der Waals surface area contributed by atoms with E-state index < -0.39 is 22.8 Å². The Morgan fingerprint density at radius 2 is 2.30 bits per heavy atom. The third-order valence-electron chi connectivity index (χ3n) is 3.11. The normalized spacial score (nSPS) is 21.6. The van der Waals surface area contributed by atoms with Crippen molar-refractivity contribution in [3.8, 4) is 0 Å². The maximum atomic E-state index is 13.6. The Hall–Kier alpha value is -2.22. The third kappa shape index (κ3) is 3.21. The zero-order chi connectivity index (χ0) is 14.7. The number of amides is 1. The topological polar surface area (TPSA) is 107 Å². The molecule has 1 amide bonds. The summed E-state index contributed by atoms with van der Waals surface area (Å²) < 4.78 is 19.0. The second kappa shape index (κ2) is 5.83. The number of nitrogens with zero attached hydrogens (tertiary/aromatic N) is 1. The molecule has 0 spiro atoms. The van der Waals surface area contributed by atoms with Gasteiger partial charge in [0.15, 0.2) is 5.82 Å². The van der Waals surface area contributed by atoms with Crippen LogP contribution in [0.15, 0.2) is 18.2 Å². The first kappa shape index (κ1) is 14.2. The lowest BCUT2D eigenvalue weighted by molar-refractivity contribution is -0.385. The van der Waals surface area contributed by atoms with Gasteiger partial charge in [0, 0.05) is 12.6 Å². The van der Waals surface area contributed by atoms with Gasteiger partial charge in [-0.15, -0.1) is 0 Å². The molecule has 1 saturated heterocycles. The maximum Gasteiger partial charge on any atom is 0.272 e. The summed E-state index contributed by atoms with van der Waals surface area (Å²) in [6, 6.07) is 3.37. The maximum absolute atomic E-state index is 13.6. The molecule has 1 heterocycles. The van der Waals surface area contributed by atoms with E-state index >= 15 is 0 Å². The number of carbonyl (C=O) groups excluding carboxylic acids is 1. The smallest absolute Gasteiger partial charge is 0.272 e. The Labute approximate surface area is 114 Å². The highest BCUT2D eigenvalue weighted by Gasteiger charge is 2.28. The standard InChI is InChI=1S/C12H14FN3O4/c13-9-5-7(16(18)19)1-3-10(9)15-6-8-2-4-11(20-8)12(14)17/h1,3,5,8,11,15H,2,4,6H2,(H2,14,17). The zero-order valence-corrected chi connectivity index (χ0v) is 10.5. The average molecular weight is 283 g/mol. The van der Waals surface area contributed by atoms with E-state index in [9.17, 15) is 19.3 Å². The molecule has 8 heteroatoms. The van der Waals surface area contributed by atoms with Crippen LogP contribution in [0.5, 0.6) is 0 Å². The fraction of sp³-hybridized carbons (Fsp3) is 0.417. The first-order chi connectivity index (χ1) is 9.47. The van der Waals surface area contributed by atoms with Gasteiger partial charge in [-0.05, 0) is 18.9 Å². The van der Waals surface area contributed by atoms with Gasteiger partial charge in [-0.25, -0.2) is 4.39 Å². The molecule has 0 saturated carbocycles. The van der Waals surface area contributed by atoms with Gasteiger partial charge in [0.25, 0.3) is 5.69 Å². The summed E-state index contributed by atoms with van der Waals surface area (Å²) >= 11 is 0. The molecule has 0 aliphatic carbocycles. The van der Waals surface area contributed by atoms with Crippen LogP contribution in [0.3, 0.4) is 0 Å². The van der Waals surface area contributed by atoms with Crippen molar-refractivity contribution in [2.75, 3.05) is 11.9 Å². The fourth-order valence-electron chi connectivity index (χ4n) is 2.05. The number of carbonyl (C=O) groups is 1. The summed E-state index contributed by atoms with van der Waals surface area (Å²) in [5.74, 6) is -1.21. The van der Waals surface area contributed by atoms with Gasteiger partial charge in [0.05, 0.1) is 22.8 Å². The van der Waals surface area contributed by atoms with Crippen LogP contribution in [0.2, 0.25) is 0 Å². The Kier molecular flexibility index (Phi) is 4.14. The first-order valence-electron chi connectivity index (χ1n) is 6.10. The second-order valence-electron chi connectivity index (χ2n) is 4.53. The Morgan fingerprint density at radius 1 is 1.55 bits per heavy atom. The molecule has 3 N–H and O–H groups in total. The van der Waals surface area contributed by atoms with E-state index in [1.807, 2.05) is 0 Å². The van der Waals surface area contributed by atoms with E-state index in [4.69, 9.17) is 10.5 Å². The van der Waals surface area contributed by atoms with Crippen LogP contribution in [0.1, 0.15) is 12.8 Å². The van der Waals surface area contributed by atoms with Gasteiger partial charge in [-0.2, -0.15) is 0 Å². The number of nitrogens with one attached hydrogen (secondary N) is 1. The number of nitro benzene ring substituents is 1. The number of benzene rings is 1. The number of non-ortho nitro benzene ring substituents is 1. The summed E-state index contributed by atoms with van der Waals surface area (Å²) in [7, 11) is 0. The number of halogens is 1. The van der Waals surface area contributed by atoms with Crippen LogP contribution in [-0.2, 0) is 9.53 Å². The van der Waals surface area contributed by atoms with Crippen molar-refractivity contribution in [3.05, 3.63) is 34.1 Å². The molecule has 20 heavy (non-hydrogen) atoms. The highest BCUT2D eigenvalue weighted by molar-refractivity contribution is 5.79. The van der Waals surface area contributed by atoms with Crippen molar-refractivity contribution in [3.63, 3.8) is 0 Å². The Morgan fingerprint density at radius 3 is 2.85 bits per heavy atom. The first-order valence-corrected chi connectivity index (χ1v) is 6.10. The molecule has 1 fully saturated rings. The fourth-order valence-corrected chi connectivity index (χ4v) is 2.05. The number of ether oxygens (including phenoxy) is 1. The Bertz CT molecular complexity index is 537. The molecule has 7 nitrogen and oxygen atoms in total.